The van der Waals surface area contributed by atoms with Gasteiger partial charge < -0.3 is 14.4 Å². The number of aromatic nitrogens is 1. The first kappa shape index (κ1) is 13.8. The number of hydrogen-bond donors (Lipinski definition) is 1. The zero-order chi connectivity index (χ0) is 14.5. The van der Waals surface area contributed by atoms with Crippen LogP contribution in [-0.4, -0.2) is 22.2 Å². The average molecular weight is 277 g/mol. The first-order valence-corrected chi connectivity index (χ1v) is 5.89. The number of hydrogen-bond acceptors (Lipinski definition) is 3. The topological polar surface area (TPSA) is 68.5 Å². The van der Waals surface area contributed by atoms with Crippen LogP contribution in [0.3, 0.4) is 0 Å². The van der Waals surface area contributed by atoms with E-state index in [1.165, 1.54) is 16.7 Å². The molecule has 0 bridgehead atoms. The van der Waals surface area contributed by atoms with E-state index in [1.807, 2.05) is 0 Å². The van der Waals surface area contributed by atoms with Gasteiger partial charge >= 0.3 is 5.97 Å². The monoisotopic (exact) mass is 277 g/mol. The van der Waals surface area contributed by atoms with Gasteiger partial charge in [-0.1, -0.05) is 6.07 Å². The van der Waals surface area contributed by atoms with E-state index in [9.17, 15) is 14.0 Å². The number of carbonyl (C=O) groups is 1. The number of carboxylic acid groups (broad SMARTS) is 1. The molecule has 20 heavy (non-hydrogen) atoms. The van der Waals surface area contributed by atoms with Crippen LogP contribution in [0.2, 0.25) is 0 Å². The molecular weight excluding hydrogens is 265 g/mol. The summed E-state index contributed by atoms with van der Waals surface area (Å²) in [5.74, 6) is -1.84. The van der Waals surface area contributed by atoms with Gasteiger partial charge in [-0.05, 0) is 24.3 Å². The van der Waals surface area contributed by atoms with E-state index < -0.39 is 11.8 Å². The minimum absolute atomic E-state index is 0.0721. The second kappa shape index (κ2) is 6.01. The van der Waals surface area contributed by atoms with Crippen molar-refractivity contribution in [1.29, 1.82) is 0 Å². The molecule has 0 radical (unpaired) electrons. The maximum absolute atomic E-state index is 13.0. The van der Waals surface area contributed by atoms with E-state index in [0.29, 0.717) is 0 Å². The molecule has 0 unspecified atom stereocenters. The van der Waals surface area contributed by atoms with Crippen LogP contribution in [0.15, 0.2) is 47.4 Å². The average Bonchev–Trinajstić information content (AvgIpc) is 2.42. The van der Waals surface area contributed by atoms with Crippen molar-refractivity contribution in [3.05, 3.63) is 64.3 Å². The molecule has 0 fully saturated rings. The Morgan fingerprint density at radius 1 is 1.30 bits per heavy atom. The number of pyridine rings is 1. The highest BCUT2D eigenvalue weighted by molar-refractivity contribution is 5.90. The Morgan fingerprint density at radius 2 is 2.10 bits per heavy atom. The Bertz CT molecular complexity index is 681. The van der Waals surface area contributed by atoms with E-state index in [1.54, 1.807) is 18.3 Å². The van der Waals surface area contributed by atoms with Gasteiger partial charge in [0.1, 0.15) is 23.7 Å². The molecule has 0 saturated heterocycles. The lowest BCUT2D eigenvalue weighted by atomic mass is 10.2. The maximum Gasteiger partial charge on any atom is 0.339 e. The summed E-state index contributed by atoms with van der Waals surface area (Å²) in [6, 6.07) is 8.03. The van der Waals surface area contributed by atoms with Crippen LogP contribution < -0.4 is 10.3 Å². The molecule has 0 spiro atoms. The Balaban J connectivity index is 2.07. The predicted molar refractivity (Wildman–Crippen MR) is 69.6 cm³/mol. The molecule has 0 saturated carbocycles. The highest BCUT2D eigenvalue weighted by Crippen LogP contribution is 2.19. The van der Waals surface area contributed by atoms with E-state index in [-0.39, 0.29) is 30.0 Å². The minimum atomic E-state index is -1.27. The van der Waals surface area contributed by atoms with Gasteiger partial charge in [0.25, 0.3) is 5.56 Å². The molecule has 1 heterocycles. The third kappa shape index (κ3) is 3.23. The predicted octanol–water partition coefficient (Wildman–Crippen LogP) is 1.76. The van der Waals surface area contributed by atoms with Crippen molar-refractivity contribution in [3.8, 4) is 5.75 Å². The number of benzene rings is 1. The number of ether oxygens (including phenoxy) is 1. The molecule has 0 aliphatic heterocycles. The number of rotatable bonds is 5. The minimum Gasteiger partial charge on any atom is -0.491 e. The number of halogens is 1. The Labute approximate surface area is 113 Å². The number of nitrogens with zero attached hydrogens (tertiary/aromatic N) is 1. The van der Waals surface area contributed by atoms with Gasteiger partial charge in [0.15, 0.2) is 0 Å². The van der Waals surface area contributed by atoms with Gasteiger partial charge in [-0.3, -0.25) is 4.79 Å². The molecule has 5 nitrogen and oxygen atoms in total. The van der Waals surface area contributed by atoms with Crippen LogP contribution in [0.1, 0.15) is 10.4 Å². The van der Waals surface area contributed by atoms with Gasteiger partial charge in [0.05, 0.1) is 6.54 Å². The fourth-order valence-electron chi connectivity index (χ4n) is 1.69. The molecule has 2 aromatic rings. The third-order valence-corrected chi connectivity index (χ3v) is 2.66. The van der Waals surface area contributed by atoms with Gasteiger partial charge in [-0.2, -0.15) is 0 Å². The normalized spacial score (nSPS) is 10.2. The fraction of sp³-hybridized carbons (Fsp3) is 0.143. The molecule has 104 valence electrons. The Hall–Kier alpha value is -2.63. The summed E-state index contributed by atoms with van der Waals surface area (Å²) in [6.07, 6.45) is 1.61. The second-order valence-electron chi connectivity index (χ2n) is 4.03. The summed E-state index contributed by atoms with van der Waals surface area (Å²) < 4.78 is 19.7. The summed E-state index contributed by atoms with van der Waals surface area (Å²) in [6.45, 7) is 0.381. The van der Waals surface area contributed by atoms with Gasteiger partial charge in [0.2, 0.25) is 0 Å². The summed E-state index contributed by atoms with van der Waals surface area (Å²) in [4.78, 5) is 22.4. The van der Waals surface area contributed by atoms with Crippen LogP contribution in [-0.2, 0) is 6.54 Å². The van der Waals surface area contributed by atoms with Crippen LogP contribution in [0.25, 0.3) is 0 Å². The smallest absolute Gasteiger partial charge is 0.339 e. The standard InChI is InChI=1S/C14H12FNO4/c15-10-4-5-12(11(9-10)14(18)19)20-8-7-16-6-2-1-3-13(16)17/h1-6,9H,7-8H2,(H,18,19). The second-order valence-corrected chi connectivity index (χ2v) is 4.03. The van der Waals surface area contributed by atoms with Crippen LogP contribution in [0.5, 0.6) is 5.75 Å². The van der Waals surface area contributed by atoms with Crippen LogP contribution >= 0.6 is 0 Å². The zero-order valence-corrected chi connectivity index (χ0v) is 10.5. The van der Waals surface area contributed by atoms with Crippen LogP contribution in [0, 0.1) is 5.82 Å². The van der Waals surface area contributed by atoms with E-state index >= 15 is 0 Å². The molecule has 0 atom stereocenters. The summed E-state index contributed by atoms with van der Waals surface area (Å²) >= 11 is 0. The lowest BCUT2D eigenvalue weighted by molar-refractivity contribution is 0.0691. The van der Waals surface area contributed by atoms with Crippen molar-refractivity contribution < 1.29 is 19.0 Å². The molecular formula is C14H12FNO4. The molecule has 1 aromatic heterocycles. The Morgan fingerprint density at radius 3 is 2.80 bits per heavy atom. The third-order valence-electron chi connectivity index (χ3n) is 2.66. The quantitative estimate of drug-likeness (QED) is 0.904. The first-order chi connectivity index (χ1) is 9.58. The van der Waals surface area contributed by atoms with Crippen LogP contribution in [0.4, 0.5) is 4.39 Å². The SMILES string of the molecule is O=C(O)c1cc(F)ccc1OCCn1ccccc1=O. The molecule has 0 amide bonds. The number of carboxylic acids is 1. The van der Waals surface area contributed by atoms with Gasteiger partial charge in [0, 0.05) is 12.3 Å². The van der Waals surface area contributed by atoms with E-state index in [2.05, 4.69) is 0 Å². The van der Waals surface area contributed by atoms with Crippen molar-refractivity contribution >= 4 is 5.97 Å². The van der Waals surface area contributed by atoms with Crippen molar-refractivity contribution in [2.45, 2.75) is 6.54 Å². The van der Waals surface area contributed by atoms with E-state index in [0.717, 1.165) is 12.1 Å². The lowest BCUT2D eigenvalue weighted by Gasteiger charge is -2.10. The maximum atomic E-state index is 13.0. The molecule has 1 aromatic carbocycles. The van der Waals surface area contributed by atoms with Gasteiger partial charge in [-0.15, -0.1) is 0 Å². The highest BCUT2D eigenvalue weighted by atomic mass is 19.1. The highest BCUT2D eigenvalue weighted by Gasteiger charge is 2.12. The lowest BCUT2D eigenvalue weighted by Crippen LogP contribution is -2.21. The summed E-state index contributed by atoms with van der Waals surface area (Å²) in [5.41, 5.74) is -0.418. The molecule has 0 aliphatic carbocycles. The van der Waals surface area contributed by atoms with Crippen molar-refractivity contribution in [1.82, 2.24) is 4.57 Å². The molecule has 2 rings (SSSR count). The largest absolute Gasteiger partial charge is 0.491 e. The molecule has 6 heteroatoms. The molecule has 0 aliphatic rings. The summed E-state index contributed by atoms with van der Waals surface area (Å²) in [7, 11) is 0. The Kier molecular flexibility index (Phi) is 4.14. The fourth-order valence-corrected chi connectivity index (χ4v) is 1.69. The first-order valence-electron chi connectivity index (χ1n) is 5.89. The number of aromatic carboxylic acids is 1. The summed E-state index contributed by atoms with van der Waals surface area (Å²) in [5, 5.41) is 8.95. The van der Waals surface area contributed by atoms with Crippen molar-refractivity contribution in [2.75, 3.05) is 6.61 Å². The molecule has 1 N–H and O–H groups in total. The van der Waals surface area contributed by atoms with Crippen molar-refractivity contribution in [3.63, 3.8) is 0 Å². The van der Waals surface area contributed by atoms with E-state index in [4.69, 9.17) is 9.84 Å². The van der Waals surface area contributed by atoms with Gasteiger partial charge in [-0.25, -0.2) is 9.18 Å². The van der Waals surface area contributed by atoms with Crippen molar-refractivity contribution in [2.24, 2.45) is 0 Å². The zero-order valence-electron chi connectivity index (χ0n) is 10.5.